The van der Waals surface area contributed by atoms with E-state index < -0.39 is 16.6 Å². The molecule has 0 radical (unpaired) electrons. The van der Waals surface area contributed by atoms with Gasteiger partial charge in [0.15, 0.2) is 0 Å². The van der Waals surface area contributed by atoms with Crippen molar-refractivity contribution in [2.75, 3.05) is 19.6 Å². The third kappa shape index (κ3) is 3.79. The summed E-state index contributed by atoms with van der Waals surface area (Å²) in [5, 5.41) is 0. The lowest BCUT2D eigenvalue weighted by atomic mass is 9.49. The molecule has 6 heteroatoms. The Kier molecular flexibility index (Phi) is 4.21. The number of piperidine rings is 2. The topological polar surface area (TPSA) is 81.9 Å². The van der Waals surface area contributed by atoms with Crippen molar-refractivity contribution in [2.24, 2.45) is 16.6 Å². The minimum Gasteiger partial charge on any atom is -0.459 e. The molecule has 2 bridgehead atoms. The fourth-order valence-electron chi connectivity index (χ4n) is 3.69. The highest BCUT2D eigenvalue weighted by Gasteiger charge is 2.64. The number of hydrogen-bond acceptors (Lipinski definition) is 5. The SMILES string of the molecule is CC(C)(C)OC(=O)N1CC2(CN)CC(C(=O)OC(C)(C)C)(C1)C2. The smallest absolute Gasteiger partial charge is 0.410 e. The van der Waals surface area contributed by atoms with E-state index in [1.165, 1.54) is 0 Å². The van der Waals surface area contributed by atoms with Gasteiger partial charge < -0.3 is 20.1 Å². The first kappa shape index (κ1) is 18.0. The quantitative estimate of drug-likeness (QED) is 0.787. The van der Waals surface area contributed by atoms with Crippen LogP contribution in [0.25, 0.3) is 0 Å². The lowest BCUT2D eigenvalue weighted by Crippen LogP contribution is -2.69. The lowest BCUT2D eigenvalue weighted by molar-refractivity contribution is -0.198. The molecule has 1 amide bonds. The van der Waals surface area contributed by atoms with Crippen LogP contribution in [0.3, 0.4) is 0 Å². The summed E-state index contributed by atoms with van der Waals surface area (Å²) in [7, 11) is 0. The third-order valence-electron chi connectivity index (χ3n) is 4.36. The maximum absolute atomic E-state index is 12.6. The average Bonchev–Trinajstić information content (AvgIpc) is 2.33. The monoisotopic (exact) mass is 326 g/mol. The Morgan fingerprint density at radius 3 is 1.96 bits per heavy atom. The van der Waals surface area contributed by atoms with Gasteiger partial charge in [-0.1, -0.05) is 0 Å². The molecule has 3 rings (SSSR count). The fraction of sp³-hybridized carbons (Fsp3) is 0.882. The highest BCUT2D eigenvalue weighted by Crippen LogP contribution is 2.59. The summed E-state index contributed by atoms with van der Waals surface area (Å²) in [4.78, 5) is 26.7. The van der Waals surface area contributed by atoms with Gasteiger partial charge in [-0.3, -0.25) is 4.79 Å². The fourth-order valence-corrected chi connectivity index (χ4v) is 3.69. The molecule has 2 aliphatic heterocycles. The highest BCUT2D eigenvalue weighted by molar-refractivity contribution is 5.81. The number of hydrogen-bond donors (Lipinski definition) is 1. The van der Waals surface area contributed by atoms with Crippen LogP contribution in [0.5, 0.6) is 0 Å². The van der Waals surface area contributed by atoms with Crippen LogP contribution in [0.15, 0.2) is 0 Å². The van der Waals surface area contributed by atoms with E-state index in [4.69, 9.17) is 15.2 Å². The van der Waals surface area contributed by atoms with Crippen LogP contribution >= 0.6 is 0 Å². The van der Waals surface area contributed by atoms with Gasteiger partial charge in [-0.05, 0) is 60.9 Å². The van der Waals surface area contributed by atoms with E-state index in [2.05, 4.69) is 0 Å². The molecule has 1 aliphatic carbocycles. The van der Waals surface area contributed by atoms with E-state index in [9.17, 15) is 9.59 Å². The summed E-state index contributed by atoms with van der Waals surface area (Å²) < 4.78 is 11.0. The van der Waals surface area contributed by atoms with Crippen molar-refractivity contribution in [2.45, 2.75) is 65.6 Å². The van der Waals surface area contributed by atoms with E-state index in [1.807, 2.05) is 41.5 Å². The Morgan fingerprint density at radius 1 is 1.00 bits per heavy atom. The molecule has 0 spiro atoms. The van der Waals surface area contributed by atoms with Crippen molar-refractivity contribution in [3.63, 3.8) is 0 Å². The molecule has 6 nitrogen and oxygen atoms in total. The zero-order valence-electron chi connectivity index (χ0n) is 15.2. The van der Waals surface area contributed by atoms with E-state index in [1.54, 1.807) is 4.90 Å². The molecule has 0 aromatic carbocycles. The largest absolute Gasteiger partial charge is 0.459 e. The summed E-state index contributed by atoms with van der Waals surface area (Å²) >= 11 is 0. The van der Waals surface area contributed by atoms with Crippen LogP contribution < -0.4 is 5.73 Å². The highest BCUT2D eigenvalue weighted by atomic mass is 16.6. The standard InChI is InChI=1S/C17H30N2O4/c1-14(2,3)22-12(20)17-7-16(8-17,9-18)10-19(11-17)13(21)23-15(4,5)6/h7-11,18H2,1-6H3. The van der Waals surface area contributed by atoms with Crippen molar-refractivity contribution in [3.8, 4) is 0 Å². The van der Waals surface area contributed by atoms with Gasteiger partial charge in [0, 0.05) is 18.5 Å². The van der Waals surface area contributed by atoms with Gasteiger partial charge in [0.2, 0.25) is 0 Å². The Balaban J connectivity index is 2.15. The van der Waals surface area contributed by atoms with Crippen LogP contribution in [0.1, 0.15) is 54.4 Å². The number of nitrogens with zero attached hydrogens (tertiary/aromatic N) is 1. The van der Waals surface area contributed by atoms with E-state index in [0.29, 0.717) is 32.5 Å². The molecule has 0 aromatic heterocycles. The first-order valence-corrected chi connectivity index (χ1v) is 8.21. The van der Waals surface area contributed by atoms with E-state index in [-0.39, 0.29) is 17.5 Å². The molecular weight excluding hydrogens is 296 g/mol. The maximum Gasteiger partial charge on any atom is 0.410 e. The Hall–Kier alpha value is -1.30. The van der Waals surface area contributed by atoms with Gasteiger partial charge in [0.05, 0.1) is 5.41 Å². The second-order valence-corrected chi connectivity index (χ2v) is 9.18. The molecule has 0 unspecified atom stereocenters. The molecule has 1 saturated carbocycles. The summed E-state index contributed by atoms with van der Waals surface area (Å²) in [5.74, 6) is -0.234. The van der Waals surface area contributed by atoms with Crippen molar-refractivity contribution in [1.82, 2.24) is 4.90 Å². The van der Waals surface area contributed by atoms with Crippen molar-refractivity contribution < 1.29 is 19.1 Å². The zero-order valence-corrected chi connectivity index (χ0v) is 15.2. The predicted molar refractivity (Wildman–Crippen MR) is 86.8 cm³/mol. The molecule has 0 atom stereocenters. The number of carbonyl (C=O) groups is 2. The van der Waals surface area contributed by atoms with Crippen LogP contribution in [0, 0.1) is 10.8 Å². The Bertz CT molecular complexity index is 490. The van der Waals surface area contributed by atoms with Crippen LogP contribution in [-0.4, -0.2) is 47.8 Å². The maximum atomic E-state index is 12.6. The van der Waals surface area contributed by atoms with Gasteiger partial charge in [-0.2, -0.15) is 0 Å². The molecule has 2 saturated heterocycles. The summed E-state index contributed by atoms with van der Waals surface area (Å²) in [5.41, 5.74) is 3.99. The van der Waals surface area contributed by atoms with Crippen LogP contribution in [0.2, 0.25) is 0 Å². The van der Waals surface area contributed by atoms with Gasteiger partial charge in [0.25, 0.3) is 0 Å². The number of esters is 1. The van der Waals surface area contributed by atoms with E-state index in [0.717, 1.165) is 0 Å². The van der Waals surface area contributed by atoms with Crippen molar-refractivity contribution in [3.05, 3.63) is 0 Å². The minimum atomic E-state index is -0.637. The van der Waals surface area contributed by atoms with Gasteiger partial charge in [0.1, 0.15) is 11.2 Å². The molecular formula is C17H30N2O4. The van der Waals surface area contributed by atoms with Crippen LogP contribution in [0.4, 0.5) is 4.79 Å². The zero-order chi connectivity index (χ0) is 17.7. The lowest BCUT2D eigenvalue weighted by Gasteiger charge is -2.61. The molecule has 2 N–H and O–H groups in total. The number of carbonyl (C=O) groups excluding carboxylic acids is 2. The Labute approximate surface area is 138 Å². The van der Waals surface area contributed by atoms with Crippen LogP contribution in [-0.2, 0) is 14.3 Å². The normalized spacial score (nSPS) is 30.5. The van der Waals surface area contributed by atoms with E-state index >= 15 is 0 Å². The first-order chi connectivity index (χ1) is 10.3. The molecule has 2 heterocycles. The van der Waals surface area contributed by atoms with Crippen molar-refractivity contribution >= 4 is 12.1 Å². The Morgan fingerprint density at radius 2 is 1.52 bits per heavy atom. The first-order valence-electron chi connectivity index (χ1n) is 8.21. The minimum absolute atomic E-state index is 0.188. The molecule has 3 aliphatic rings. The number of nitrogens with two attached hydrogens (primary N) is 1. The second-order valence-electron chi connectivity index (χ2n) is 9.18. The molecule has 132 valence electrons. The second kappa shape index (κ2) is 5.36. The van der Waals surface area contributed by atoms with Gasteiger partial charge >= 0.3 is 12.1 Å². The third-order valence-corrected chi connectivity index (χ3v) is 4.36. The summed E-state index contributed by atoms with van der Waals surface area (Å²) in [6.45, 7) is 12.4. The summed E-state index contributed by atoms with van der Waals surface area (Å²) in [6, 6.07) is 0. The number of ether oxygens (including phenoxy) is 2. The number of fused-ring (bicyclic) bond motifs is 2. The molecule has 23 heavy (non-hydrogen) atoms. The molecule has 3 fully saturated rings. The predicted octanol–water partition coefficient (Wildman–Crippen LogP) is 2.30. The average molecular weight is 326 g/mol. The number of rotatable bonds is 2. The molecule has 0 aromatic rings. The van der Waals surface area contributed by atoms with Gasteiger partial charge in [-0.15, -0.1) is 0 Å². The van der Waals surface area contributed by atoms with Crippen molar-refractivity contribution in [1.29, 1.82) is 0 Å². The summed E-state index contributed by atoms with van der Waals surface area (Å²) in [6.07, 6.45) is 0.984. The number of amides is 1. The van der Waals surface area contributed by atoms with Gasteiger partial charge in [-0.25, -0.2) is 4.79 Å².